The fourth-order valence-corrected chi connectivity index (χ4v) is 1.58. The van der Waals surface area contributed by atoms with Gasteiger partial charge in [0, 0.05) is 0 Å². The Morgan fingerprint density at radius 3 is 2.94 bits per heavy atom. The highest BCUT2D eigenvalue weighted by atomic mass is 35.5. The molecule has 17 heavy (non-hydrogen) atoms. The van der Waals surface area contributed by atoms with Crippen LogP contribution < -0.4 is 10.3 Å². The van der Waals surface area contributed by atoms with E-state index in [9.17, 15) is 4.79 Å². The summed E-state index contributed by atoms with van der Waals surface area (Å²) < 4.78 is 5.55. The van der Waals surface area contributed by atoms with Crippen molar-refractivity contribution in [3.05, 3.63) is 51.5 Å². The number of H-pyrrole nitrogens is 1. The molecule has 0 aliphatic heterocycles. The Kier molecular flexibility index (Phi) is 3.44. The molecule has 1 N–H and O–H groups in total. The van der Waals surface area contributed by atoms with Gasteiger partial charge in [-0.25, -0.2) is 4.98 Å². The molecule has 0 spiro atoms. The average molecular weight is 251 g/mol. The van der Waals surface area contributed by atoms with Crippen LogP contribution in [0.5, 0.6) is 11.6 Å². The maximum atomic E-state index is 11.3. The van der Waals surface area contributed by atoms with Crippen LogP contribution in [-0.2, 0) is 6.42 Å². The van der Waals surface area contributed by atoms with Crippen molar-refractivity contribution >= 4 is 11.6 Å². The van der Waals surface area contributed by atoms with Gasteiger partial charge in [-0.15, -0.1) is 0 Å². The van der Waals surface area contributed by atoms with E-state index in [0.717, 1.165) is 12.0 Å². The molecule has 1 heterocycles. The molecule has 0 atom stereocenters. The van der Waals surface area contributed by atoms with E-state index in [2.05, 4.69) is 9.97 Å². The molecule has 5 heteroatoms. The minimum absolute atomic E-state index is 0.0431. The Bertz CT molecular complexity index is 581. The van der Waals surface area contributed by atoms with E-state index in [4.69, 9.17) is 16.3 Å². The molecule has 0 saturated carbocycles. The molecule has 0 saturated heterocycles. The predicted octanol–water partition coefficient (Wildman–Crippen LogP) is 2.78. The molecule has 0 aliphatic rings. The first-order valence-electron chi connectivity index (χ1n) is 5.21. The SMILES string of the molecule is CCc1ccccc1Oc1nc[nH]c(=O)c1Cl. The van der Waals surface area contributed by atoms with Crippen LogP contribution in [0.1, 0.15) is 12.5 Å². The Labute approximate surface area is 103 Å². The number of nitrogens with zero attached hydrogens (tertiary/aromatic N) is 1. The molecule has 0 bridgehead atoms. The number of hydrogen-bond donors (Lipinski definition) is 1. The number of para-hydroxylation sites is 1. The average Bonchev–Trinajstić information content (AvgIpc) is 2.35. The van der Waals surface area contributed by atoms with E-state index in [1.165, 1.54) is 6.33 Å². The second kappa shape index (κ2) is 5.01. The number of rotatable bonds is 3. The summed E-state index contributed by atoms with van der Waals surface area (Å²) >= 11 is 5.81. The van der Waals surface area contributed by atoms with Crippen molar-refractivity contribution in [2.45, 2.75) is 13.3 Å². The summed E-state index contributed by atoms with van der Waals surface area (Å²) in [7, 11) is 0. The molecule has 0 amide bonds. The lowest BCUT2D eigenvalue weighted by Crippen LogP contribution is -2.08. The first-order chi connectivity index (χ1) is 8.22. The summed E-state index contributed by atoms with van der Waals surface area (Å²) in [5, 5.41) is -0.0431. The largest absolute Gasteiger partial charge is 0.437 e. The number of aromatic amines is 1. The number of ether oxygens (including phenoxy) is 1. The number of hydrogen-bond acceptors (Lipinski definition) is 3. The Morgan fingerprint density at radius 1 is 1.41 bits per heavy atom. The van der Waals surface area contributed by atoms with E-state index in [0.29, 0.717) is 5.75 Å². The highest BCUT2D eigenvalue weighted by molar-refractivity contribution is 6.31. The lowest BCUT2D eigenvalue weighted by Gasteiger charge is -2.09. The fourth-order valence-electron chi connectivity index (χ4n) is 1.44. The Morgan fingerprint density at radius 2 is 2.18 bits per heavy atom. The molecule has 0 radical (unpaired) electrons. The molecule has 2 rings (SSSR count). The van der Waals surface area contributed by atoms with Gasteiger partial charge in [0.25, 0.3) is 5.56 Å². The van der Waals surface area contributed by atoms with E-state index >= 15 is 0 Å². The molecule has 4 nitrogen and oxygen atoms in total. The smallest absolute Gasteiger partial charge is 0.273 e. The maximum Gasteiger partial charge on any atom is 0.273 e. The van der Waals surface area contributed by atoms with E-state index in [-0.39, 0.29) is 10.9 Å². The van der Waals surface area contributed by atoms with Gasteiger partial charge < -0.3 is 9.72 Å². The molecule has 1 aromatic heterocycles. The second-order valence-electron chi connectivity index (χ2n) is 3.41. The van der Waals surface area contributed by atoms with Crippen LogP contribution in [0.25, 0.3) is 0 Å². The molecule has 0 aliphatic carbocycles. The summed E-state index contributed by atoms with van der Waals surface area (Å²) in [5.41, 5.74) is 0.622. The summed E-state index contributed by atoms with van der Waals surface area (Å²) in [6.07, 6.45) is 2.09. The molecule has 1 aromatic carbocycles. The number of halogens is 1. The maximum absolute atomic E-state index is 11.3. The van der Waals surface area contributed by atoms with Crippen LogP contribution >= 0.6 is 11.6 Å². The third-order valence-electron chi connectivity index (χ3n) is 2.32. The van der Waals surface area contributed by atoms with Gasteiger partial charge in [-0.05, 0) is 18.1 Å². The predicted molar refractivity (Wildman–Crippen MR) is 65.8 cm³/mol. The first kappa shape index (κ1) is 11.7. The first-order valence-corrected chi connectivity index (χ1v) is 5.59. The second-order valence-corrected chi connectivity index (χ2v) is 3.79. The van der Waals surface area contributed by atoms with Gasteiger partial charge in [0.15, 0.2) is 5.02 Å². The van der Waals surface area contributed by atoms with Crippen molar-refractivity contribution in [3.63, 3.8) is 0 Å². The normalized spacial score (nSPS) is 10.2. The van der Waals surface area contributed by atoms with E-state index in [1.807, 2.05) is 31.2 Å². The van der Waals surface area contributed by atoms with Crippen molar-refractivity contribution in [1.29, 1.82) is 0 Å². The number of aryl methyl sites for hydroxylation is 1. The van der Waals surface area contributed by atoms with Gasteiger partial charge in [-0.2, -0.15) is 0 Å². The van der Waals surface area contributed by atoms with Crippen molar-refractivity contribution in [3.8, 4) is 11.6 Å². The molecule has 0 unspecified atom stereocenters. The summed E-state index contributed by atoms with van der Waals surface area (Å²) in [5.74, 6) is 0.784. The van der Waals surface area contributed by atoms with Crippen LogP contribution in [0.4, 0.5) is 0 Å². The molecule has 2 aromatic rings. The number of aromatic nitrogens is 2. The lowest BCUT2D eigenvalue weighted by molar-refractivity contribution is 0.455. The minimum Gasteiger partial charge on any atom is -0.437 e. The van der Waals surface area contributed by atoms with Crippen molar-refractivity contribution in [2.24, 2.45) is 0 Å². The molecular weight excluding hydrogens is 240 g/mol. The van der Waals surface area contributed by atoms with Crippen LogP contribution in [0.3, 0.4) is 0 Å². The van der Waals surface area contributed by atoms with Crippen molar-refractivity contribution in [2.75, 3.05) is 0 Å². The van der Waals surface area contributed by atoms with Gasteiger partial charge in [0.05, 0.1) is 6.33 Å². The highest BCUT2D eigenvalue weighted by Gasteiger charge is 2.09. The van der Waals surface area contributed by atoms with Gasteiger partial charge in [-0.1, -0.05) is 36.7 Å². The monoisotopic (exact) mass is 250 g/mol. The summed E-state index contributed by atoms with van der Waals surface area (Å²) in [4.78, 5) is 17.6. The summed E-state index contributed by atoms with van der Waals surface area (Å²) in [6, 6.07) is 7.56. The zero-order chi connectivity index (χ0) is 12.3. The molecular formula is C12H11ClN2O2. The fraction of sp³-hybridized carbons (Fsp3) is 0.167. The Balaban J connectivity index is 2.38. The van der Waals surface area contributed by atoms with Crippen molar-refractivity contribution in [1.82, 2.24) is 9.97 Å². The minimum atomic E-state index is -0.411. The van der Waals surface area contributed by atoms with Gasteiger partial charge >= 0.3 is 0 Å². The third kappa shape index (κ3) is 2.47. The van der Waals surface area contributed by atoms with Crippen LogP contribution in [0.15, 0.2) is 35.4 Å². The molecule has 88 valence electrons. The van der Waals surface area contributed by atoms with Crippen molar-refractivity contribution < 1.29 is 4.74 Å². The van der Waals surface area contributed by atoms with Gasteiger partial charge in [-0.3, -0.25) is 4.79 Å². The van der Waals surface area contributed by atoms with E-state index < -0.39 is 5.56 Å². The van der Waals surface area contributed by atoms with Gasteiger partial charge in [0.1, 0.15) is 5.75 Å². The third-order valence-corrected chi connectivity index (χ3v) is 2.66. The van der Waals surface area contributed by atoms with Gasteiger partial charge in [0.2, 0.25) is 5.88 Å². The van der Waals surface area contributed by atoms with Crippen LogP contribution in [0, 0.1) is 0 Å². The number of benzene rings is 1. The number of nitrogens with one attached hydrogen (secondary N) is 1. The molecule has 0 fully saturated rings. The topological polar surface area (TPSA) is 55.0 Å². The standard InChI is InChI=1S/C12H11ClN2O2/c1-2-8-5-3-4-6-9(8)17-12-10(13)11(16)14-7-15-12/h3-7H,2H2,1H3,(H,14,15,16). The summed E-state index contributed by atoms with van der Waals surface area (Å²) in [6.45, 7) is 2.02. The van der Waals surface area contributed by atoms with E-state index in [1.54, 1.807) is 0 Å². The zero-order valence-electron chi connectivity index (χ0n) is 9.24. The Hall–Kier alpha value is -1.81. The van der Waals surface area contributed by atoms with Crippen LogP contribution in [-0.4, -0.2) is 9.97 Å². The lowest BCUT2D eigenvalue weighted by atomic mass is 10.1. The highest BCUT2D eigenvalue weighted by Crippen LogP contribution is 2.26. The quantitative estimate of drug-likeness (QED) is 0.911. The zero-order valence-corrected chi connectivity index (χ0v) is 9.99. The van der Waals surface area contributed by atoms with Crippen LogP contribution in [0.2, 0.25) is 5.02 Å².